The first-order valence-electron chi connectivity index (χ1n) is 6.47. The van der Waals surface area contributed by atoms with E-state index in [4.69, 9.17) is 21.1 Å². The second kappa shape index (κ2) is 5.69. The predicted molar refractivity (Wildman–Crippen MR) is 77.6 cm³/mol. The summed E-state index contributed by atoms with van der Waals surface area (Å²) in [6, 6.07) is 9.47. The summed E-state index contributed by atoms with van der Waals surface area (Å²) in [6.07, 6.45) is 1.74. The third-order valence-electron chi connectivity index (χ3n) is 3.25. The van der Waals surface area contributed by atoms with Gasteiger partial charge in [-0.3, -0.25) is 4.98 Å². The van der Waals surface area contributed by atoms with E-state index in [-0.39, 0.29) is 6.04 Å². The summed E-state index contributed by atoms with van der Waals surface area (Å²) in [5, 5.41) is 3.88. The van der Waals surface area contributed by atoms with E-state index >= 15 is 0 Å². The van der Waals surface area contributed by atoms with Crippen molar-refractivity contribution >= 4 is 11.6 Å². The lowest BCUT2D eigenvalue weighted by molar-refractivity contribution is 0.171. The molecular weight excluding hydrogens is 276 g/mol. The van der Waals surface area contributed by atoms with Gasteiger partial charge in [0.05, 0.1) is 16.8 Å². The van der Waals surface area contributed by atoms with Gasteiger partial charge in [-0.1, -0.05) is 17.7 Å². The number of halogens is 1. The maximum absolute atomic E-state index is 6.23. The Balaban J connectivity index is 1.99. The monoisotopic (exact) mass is 290 g/mol. The number of benzene rings is 1. The van der Waals surface area contributed by atoms with Crippen LogP contribution in [0.3, 0.4) is 0 Å². The van der Waals surface area contributed by atoms with Crippen LogP contribution in [0.15, 0.2) is 36.5 Å². The summed E-state index contributed by atoms with van der Waals surface area (Å²) >= 11 is 6.23. The molecule has 1 aromatic heterocycles. The van der Waals surface area contributed by atoms with Gasteiger partial charge in [0.2, 0.25) is 0 Å². The molecule has 20 heavy (non-hydrogen) atoms. The molecule has 1 unspecified atom stereocenters. The fourth-order valence-corrected chi connectivity index (χ4v) is 2.54. The first-order chi connectivity index (χ1) is 9.79. The van der Waals surface area contributed by atoms with E-state index in [0.29, 0.717) is 18.2 Å². The maximum Gasteiger partial charge on any atom is 0.161 e. The molecule has 0 radical (unpaired) electrons. The minimum atomic E-state index is -0.0838. The molecule has 1 aliphatic rings. The minimum absolute atomic E-state index is 0.0838. The summed E-state index contributed by atoms with van der Waals surface area (Å²) in [6.45, 7) is 1.17. The number of fused-ring (bicyclic) bond motifs is 1. The summed E-state index contributed by atoms with van der Waals surface area (Å²) in [5.41, 5.74) is 1.84. The molecule has 104 valence electrons. The molecule has 1 N–H and O–H groups in total. The van der Waals surface area contributed by atoms with Gasteiger partial charge in [-0.25, -0.2) is 0 Å². The second-order valence-corrected chi connectivity index (χ2v) is 4.90. The van der Waals surface area contributed by atoms with Crippen molar-refractivity contribution in [3.63, 3.8) is 0 Å². The van der Waals surface area contributed by atoms with Gasteiger partial charge in [0, 0.05) is 6.20 Å². The Bertz CT molecular complexity index is 619. The molecule has 5 heteroatoms. The van der Waals surface area contributed by atoms with Gasteiger partial charge in [0.25, 0.3) is 0 Å². The van der Waals surface area contributed by atoms with Gasteiger partial charge in [-0.15, -0.1) is 0 Å². The molecule has 0 bridgehead atoms. The summed E-state index contributed by atoms with van der Waals surface area (Å²) in [4.78, 5) is 4.37. The van der Waals surface area contributed by atoms with Gasteiger partial charge in [0.15, 0.2) is 11.5 Å². The third kappa shape index (κ3) is 2.44. The number of hydrogen-bond donors (Lipinski definition) is 1. The van der Waals surface area contributed by atoms with E-state index in [2.05, 4.69) is 10.3 Å². The minimum Gasteiger partial charge on any atom is -0.486 e. The summed E-state index contributed by atoms with van der Waals surface area (Å²) in [7, 11) is 1.88. The van der Waals surface area contributed by atoms with E-state index in [0.717, 1.165) is 22.8 Å². The van der Waals surface area contributed by atoms with Gasteiger partial charge >= 0.3 is 0 Å². The first-order valence-corrected chi connectivity index (χ1v) is 6.84. The fourth-order valence-electron chi connectivity index (χ4n) is 2.31. The molecule has 1 atom stereocenters. The van der Waals surface area contributed by atoms with E-state index in [9.17, 15) is 0 Å². The Morgan fingerprint density at radius 1 is 1.20 bits per heavy atom. The number of rotatable bonds is 3. The van der Waals surface area contributed by atoms with Crippen LogP contribution in [-0.4, -0.2) is 25.2 Å². The zero-order valence-electron chi connectivity index (χ0n) is 11.1. The predicted octanol–water partition coefficient (Wildman–Crippen LogP) is 2.82. The average Bonchev–Trinajstić information content (AvgIpc) is 2.50. The van der Waals surface area contributed by atoms with E-state index in [1.54, 1.807) is 6.20 Å². The van der Waals surface area contributed by atoms with Gasteiger partial charge in [-0.05, 0) is 36.9 Å². The molecule has 2 aromatic rings. The molecular formula is C15H15ClN2O2. The first kappa shape index (κ1) is 13.2. The van der Waals surface area contributed by atoms with Crippen LogP contribution >= 0.6 is 11.6 Å². The topological polar surface area (TPSA) is 43.4 Å². The van der Waals surface area contributed by atoms with Crippen molar-refractivity contribution in [3.05, 3.63) is 52.8 Å². The Morgan fingerprint density at radius 3 is 2.75 bits per heavy atom. The number of hydrogen-bond acceptors (Lipinski definition) is 4. The lowest BCUT2D eigenvalue weighted by Crippen LogP contribution is -2.20. The van der Waals surface area contributed by atoms with Crippen molar-refractivity contribution in [2.24, 2.45) is 0 Å². The van der Waals surface area contributed by atoms with Gasteiger partial charge in [0.1, 0.15) is 13.2 Å². The normalized spacial score (nSPS) is 14.9. The number of nitrogens with one attached hydrogen (secondary N) is 1. The maximum atomic E-state index is 6.23. The van der Waals surface area contributed by atoms with E-state index in [1.807, 2.05) is 37.4 Å². The zero-order chi connectivity index (χ0) is 13.9. The van der Waals surface area contributed by atoms with Crippen LogP contribution in [0.5, 0.6) is 11.5 Å². The lowest BCUT2D eigenvalue weighted by atomic mass is 10.0. The quantitative estimate of drug-likeness (QED) is 0.944. The molecule has 1 aliphatic heterocycles. The smallest absolute Gasteiger partial charge is 0.161 e. The van der Waals surface area contributed by atoms with Crippen LogP contribution in [0.25, 0.3) is 0 Å². The highest BCUT2D eigenvalue weighted by molar-refractivity contribution is 6.31. The Kier molecular flexibility index (Phi) is 3.76. The van der Waals surface area contributed by atoms with Crippen LogP contribution in [-0.2, 0) is 0 Å². The Labute approximate surface area is 122 Å². The zero-order valence-corrected chi connectivity index (χ0v) is 11.9. The summed E-state index contributed by atoms with van der Waals surface area (Å²) < 4.78 is 11.2. The number of aromatic nitrogens is 1. The van der Waals surface area contributed by atoms with Crippen LogP contribution < -0.4 is 14.8 Å². The molecule has 0 amide bonds. The van der Waals surface area contributed by atoms with Crippen LogP contribution in [0, 0.1) is 0 Å². The van der Waals surface area contributed by atoms with Crippen molar-refractivity contribution in [2.45, 2.75) is 6.04 Å². The van der Waals surface area contributed by atoms with Gasteiger partial charge < -0.3 is 14.8 Å². The molecule has 0 spiro atoms. The standard InChI is InChI=1S/C15H15ClN2O2/c1-17-14(15-11(16)3-2-6-18-15)10-4-5-12-13(9-10)20-8-7-19-12/h2-6,9,14,17H,7-8H2,1H3. The molecule has 3 rings (SSSR count). The largest absolute Gasteiger partial charge is 0.486 e. The lowest BCUT2D eigenvalue weighted by Gasteiger charge is -2.22. The Hall–Kier alpha value is -1.78. The van der Waals surface area contributed by atoms with Crippen LogP contribution in [0.2, 0.25) is 5.02 Å². The number of nitrogens with zero attached hydrogens (tertiary/aromatic N) is 1. The number of ether oxygens (including phenoxy) is 2. The molecule has 1 aromatic carbocycles. The fraction of sp³-hybridized carbons (Fsp3) is 0.267. The highest BCUT2D eigenvalue weighted by atomic mass is 35.5. The number of pyridine rings is 1. The molecule has 0 fully saturated rings. The van der Waals surface area contributed by atoms with Crippen molar-refractivity contribution < 1.29 is 9.47 Å². The van der Waals surface area contributed by atoms with Gasteiger partial charge in [-0.2, -0.15) is 0 Å². The Morgan fingerprint density at radius 2 is 2.00 bits per heavy atom. The van der Waals surface area contributed by atoms with E-state index < -0.39 is 0 Å². The third-order valence-corrected chi connectivity index (χ3v) is 3.57. The van der Waals surface area contributed by atoms with E-state index in [1.165, 1.54) is 0 Å². The molecule has 2 heterocycles. The average molecular weight is 291 g/mol. The second-order valence-electron chi connectivity index (χ2n) is 4.50. The molecule has 0 aliphatic carbocycles. The molecule has 0 saturated carbocycles. The van der Waals surface area contributed by atoms with Crippen molar-refractivity contribution in [2.75, 3.05) is 20.3 Å². The van der Waals surface area contributed by atoms with Crippen molar-refractivity contribution in [1.82, 2.24) is 10.3 Å². The van der Waals surface area contributed by atoms with Crippen LogP contribution in [0.4, 0.5) is 0 Å². The SMILES string of the molecule is CNC(c1ccc2c(c1)OCCO2)c1ncccc1Cl. The van der Waals surface area contributed by atoms with Crippen LogP contribution in [0.1, 0.15) is 17.3 Å². The summed E-state index contributed by atoms with van der Waals surface area (Å²) in [5.74, 6) is 1.54. The highest BCUT2D eigenvalue weighted by Crippen LogP contribution is 2.35. The van der Waals surface area contributed by atoms with Crippen molar-refractivity contribution in [3.8, 4) is 11.5 Å². The van der Waals surface area contributed by atoms with Crippen molar-refractivity contribution in [1.29, 1.82) is 0 Å². The highest BCUT2D eigenvalue weighted by Gasteiger charge is 2.19. The molecule has 4 nitrogen and oxygen atoms in total. The molecule has 0 saturated heterocycles.